The number of rotatable bonds is 3. The number of nitrogens with one attached hydrogen (secondary N) is 1. The Hall–Kier alpha value is -1.42. The van der Waals surface area contributed by atoms with Gasteiger partial charge in [0.15, 0.2) is 0 Å². The summed E-state index contributed by atoms with van der Waals surface area (Å²) in [5, 5.41) is 13.4. The average molecular weight is 180 g/mol. The molecular weight excluding hydrogens is 168 g/mol. The number of nitrogens with zero attached hydrogens (tertiary/aromatic N) is 1. The summed E-state index contributed by atoms with van der Waals surface area (Å²) in [6.07, 6.45) is 0. The third kappa shape index (κ3) is 2.26. The summed E-state index contributed by atoms with van der Waals surface area (Å²) < 4.78 is 0. The van der Waals surface area contributed by atoms with Gasteiger partial charge in [0, 0.05) is 18.2 Å². The fourth-order valence-electron chi connectivity index (χ4n) is 1.05. The highest BCUT2D eigenvalue weighted by Gasteiger charge is 2.06. The van der Waals surface area contributed by atoms with Gasteiger partial charge in [-0.25, -0.2) is 0 Å². The molecule has 0 saturated carbocycles. The molecule has 1 aromatic carbocycles. The first kappa shape index (κ1) is 9.67. The largest absolute Gasteiger partial charge is 0.313 e. The third-order valence-electron chi connectivity index (χ3n) is 2.04. The van der Waals surface area contributed by atoms with Crippen LogP contribution < -0.4 is 5.32 Å². The van der Waals surface area contributed by atoms with Crippen molar-refractivity contribution in [3.63, 3.8) is 0 Å². The SMILES string of the molecule is CNC(C)c1ccc([N+](=O)[O-])cc1. The van der Waals surface area contributed by atoms with Crippen LogP contribution in [0.1, 0.15) is 18.5 Å². The predicted octanol–water partition coefficient (Wildman–Crippen LogP) is 1.88. The molecule has 4 nitrogen and oxygen atoms in total. The highest BCUT2D eigenvalue weighted by molar-refractivity contribution is 5.33. The van der Waals surface area contributed by atoms with Gasteiger partial charge in [0.2, 0.25) is 0 Å². The van der Waals surface area contributed by atoms with Gasteiger partial charge in [-0.05, 0) is 19.5 Å². The fourth-order valence-corrected chi connectivity index (χ4v) is 1.05. The lowest BCUT2D eigenvalue weighted by molar-refractivity contribution is -0.384. The van der Waals surface area contributed by atoms with E-state index >= 15 is 0 Å². The van der Waals surface area contributed by atoms with Crippen molar-refractivity contribution in [2.75, 3.05) is 7.05 Å². The maximum absolute atomic E-state index is 10.3. The van der Waals surface area contributed by atoms with Crippen molar-refractivity contribution in [3.05, 3.63) is 39.9 Å². The summed E-state index contributed by atoms with van der Waals surface area (Å²) in [6, 6.07) is 6.78. The average Bonchev–Trinajstić information content (AvgIpc) is 2.17. The van der Waals surface area contributed by atoms with Crippen molar-refractivity contribution in [2.24, 2.45) is 0 Å². The highest BCUT2D eigenvalue weighted by Crippen LogP contribution is 2.16. The first-order valence-corrected chi connectivity index (χ1v) is 4.06. The maximum atomic E-state index is 10.3. The van der Waals surface area contributed by atoms with E-state index in [4.69, 9.17) is 0 Å². The summed E-state index contributed by atoms with van der Waals surface area (Å²) in [4.78, 5) is 9.95. The second-order valence-electron chi connectivity index (χ2n) is 2.86. The monoisotopic (exact) mass is 180 g/mol. The van der Waals surface area contributed by atoms with Crippen LogP contribution in [0.5, 0.6) is 0 Å². The third-order valence-corrected chi connectivity index (χ3v) is 2.04. The summed E-state index contributed by atoms with van der Waals surface area (Å²) in [7, 11) is 1.85. The van der Waals surface area contributed by atoms with Gasteiger partial charge in [-0.1, -0.05) is 12.1 Å². The Morgan fingerprint density at radius 1 is 1.38 bits per heavy atom. The standard InChI is InChI=1S/C9H12N2O2/c1-7(10-2)8-3-5-9(6-4-8)11(12)13/h3-7,10H,1-2H3. The molecule has 0 bridgehead atoms. The first-order chi connectivity index (χ1) is 6.15. The Labute approximate surface area is 76.7 Å². The number of benzene rings is 1. The van der Waals surface area contributed by atoms with Gasteiger partial charge >= 0.3 is 0 Å². The van der Waals surface area contributed by atoms with Crippen LogP contribution in [0.2, 0.25) is 0 Å². The Morgan fingerprint density at radius 3 is 2.31 bits per heavy atom. The molecule has 0 amide bonds. The molecule has 0 fully saturated rings. The minimum atomic E-state index is -0.395. The number of nitro benzene ring substituents is 1. The normalized spacial score (nSPS) is 12.5. The Bertz CT molecular complexity index is 295. The van der Waals surface area contributed by atoms with Crippen LogP contribution in [-0.2, 0) is 0 Å². The number of nitro groups is 1. The van der Waals surface area contributed by atoms with E-state index in [0.29, 0.717) is 0 Å². The molecule has 1 unspecified atom stereocenters. The van der Waals surface area contributed by atoms with Gasteiger partial charge in [0.25, 0.3) is 5.69 Å². The van der Waals surface area contributed by atoms with Crippen molar-refractivity contribution in [3.8, 4) is 0 Å². The molecule has 0 radical (unpaired) electrons. The van der Waals surface area contributed by atoms with E-state index < -0.39 is 4.92 Å². The summed E-state index contributed by atoms with van der Waals surface area (Å²) in [5.74, 6) is 0. The van der Waals surface area contributed by atoms with Crippen molar-refractivity contribution in [1.29, 1.82) is 0 Å². The van der Waals surface area contributed by atoms with E-state index in [-0.39, 0.29) is 11.7 Å². The van der Waals surface area contributed by atoms with Gasteiger partial charge in [-0.3, -0.25) is 10.1 Å². The summed E-state index contributed by atoms with van der Waals surface area (Å²) in [5.41, 5.74) is 1.18. The fraction of sp³-hybridized carbons (Fsp3) is 0.333. The van der Waals surface area contributed by atoms with E-state index in [1.54, 1.807) is 12.1 Å². The minimum absolute atomic E-state index is 0.132. The van der Waals surface area contributed by atoms with Gasteiger partial charge in [0.05, 0.1) is 4.92 Å². The summed E-state index contributed by atoms with van der Waals surface area (Å²) in [6.45, 7) is 2.00. The zero-order chi connectivity index (χ0) is 9.84. The van der Waals surface area contributed by atoms with E-state index in [1.165, 1.54) is 12.1 Å². The molecule has 0 aromatic heterocycles. The Morgan fingerprint density at radius 2 is 1.92 bits per heavy atom. The van der Waals surface area contributed by atoms with Gasteiger partial charge < -0.3 is 5.32 Å². The number of hydrogen-bond acceptors (Lipinski definition) is 3. The molecule has 70 valence electrons. The van der Waals surface area contributed by atoms with Crippen LogP contribution in [0.3, 0.4) is 0 Å². The van der Waals surface area contributed by atoms with E-state index in [0.717, 1.165) is 5.56 Å². The molecule has 4 heteroatoms. The van der Waals surface area contributed by atoms with Crippen molar-refractivity contribution >= 4 is 5.69 Å². The molecular formula is C9H12N2O2. The van der Waals surface area contributed by atoms with Gasteiger partial charge in [-0.2, -0.15) is 0 Å². The Balaban J connectivity index is 2.87. The molecule has 0 spiro atoms. The lowest BCUT2D eigenvalue weighted by atomic mass is 10.1. The van der Waals surface area contributed by atoms with Gasteiger partial charge in [0.1, 0.15) is 0 Å². The first-order valence-electron chi connectivity index (χ1n) is 4.06. The van der Waals surface area contributed by atoms with Crippen LogP contribution in [0.4, 0.5) is 5.69 Å². The molecule has 0 aliphatic carbocycles. The summed E-state index contributed by atoms with van der Waals surface area (Å²) >= 11 is 0. The van der Waals surface area contributed by atoms with Crippen molar-refractivity contribution < 1.29 is 4.92 Å². The second-order valence-corrected chi connectivity index (χ2v) is 2.86. The quantitative estimate of drug-likeness (QED) is 0.570. The molecule has 0 aliphatic rings. The van der Waals surface area contributed by atoms with Crippen molar-refractivity contribution in [2.45, 2.75) is 13.0 Å². The van der Waals surface area contributed by atoms with Crippen LogP contribution in [-0.4, -0.2) is 12.0 Å². The van der Waals surface area contributed by atoms with Crippen molar-refractivity contribution in [1.82, 2.24) is 5.32 Å². The zero-order valence-electron chi connectivity index (χ0n) is 7.65. The maximum Gasteiger partial charge on any atom is 0.269 e. The van der Waals surface area contributed by atoms with Gasteiger partial charge in [-0.15, -0.1) is 0 Å². The molecule has 0 heterocycles. The molecule has 0 saturated heterocycles. The zero-order valence-corrected chi connectivity index (χ0v) is 7.65. The smallest absolute Gasteiger partial charge is 0.269 e. The molecule has 13 heavy (non-hydrogen) atoms. The highest BCUT2D eigenvalue weighted by atomic mass is 16.6. The van der Waals surface area contributed by atoms with E-state index in [2.05, 4.69) is 5.32 Å². The molecule has 1 aromatic rings. The lowest BCUT2D eigenvalue weighted by Gasteiger charge is -2.09. The number of hydrogen-bond donors (Lipinski definition) is 1. The van der Waals surface area contributed by atoms with E-state index in [1.807, 2.05) is 14.0 Å². The lowest BCUT2D eigenvalue weighted by Crippen LogP contribution is -2.11. The predicted molar refractivity (Wildman–Crippen MR) is 50.6 cm³/mol. The minimum Gasteiger partial charge on any atom is -0.313 e. The number of non-ortho nitro benzene ring substituents is 1. The topological polar surface area (TPSA) is 55.2 Å². The van der Waals surface area contributed by atoms with Crippen LogP contribution in [0.15, 0.2) is 24.3 Å². The van der Waals surface area contributed by atoms with Crippen LogP contribution >= 0.6 is 0 Å². The Kier molecular flexibility index (Phi) is 2.97. The van der Waals surface area contributed by atoms with Crippen LogP contribution in [0.25, 0.3) is 0 Å². The molecule has 0 aliphatic heterocycles. The molecule has 1 N–H and O–H groups in total. The van der Waals surface area contributed by atoms with E-state index in [9.17, 15) is 10.1 Å². The van der Waals surface area contributed by atoms with Crippen LogP contribution in [0, 0.1) is 10.1 Å². The molecule has 1 atom stereocenters. The second kappa shape index (κ2) is 4.00. The molecule has 1 rings (SSSR count).